The summed E-state index contributed by atoms with van der Waals surface area (Å²) >= 11 is 0. The monoisotopic (exact) mass is 362 g/mol. The van der Waals surface area contributed by atoms with E-state index < -0.39 is 0 Å². The van der Waals surface area contributed by atoms with E-state index in [0.29, 0.717) is 16.7 Å². The first-order valence-corrected chi connectivity index (χ1v) is 9.29. The van der Waals surface area contributed by atoms with Crippen LogP contribution in [0.4, 0.5) is 0 Å². The van der Waals surface area contributed by atoms with Gasteiger partial charge in [0.1, 0.15) is 5.82 Å². The van der Waals surface area contributed by atoms with Crippen LogP contribution in [-0.4, -0.2) is 9.55 Å². The molecule has 0 atom stereocenters. The second kappa shape index (κ2) is 6.46. The summed E-state index contributed by atoms with van der Waals surface area (Å²) in [5.74, 6) is 0.652. The molecule has 0 N–H and O–H groups in total. The third kappa shape index (κ3) is 2.69. The fourth-order valence-corrected chi connectivity index (χ4v) is 3.58. The minimum atomic E-state index is -0.0588. The van der Waals surface area contributed by atoms with Crippen molar-refractivity contribution in [3.63, 3.8) is 0 Å². The van der Waals surface area contributed by atoms with E-state index in [1.165, 1.54) is 5.56 Å². The van der Waals surface area contributed by atoms with Gasteiger partial charge < -0.3 is 0 Å². The van der Waals surface area contributed by atoms with E-state index in [1.807, 2.05) is 85.8 Å². The van der Waals surface area contributed by atoms with Gasteiger partial charge in [0.2, 0.25) is 0 Å². The Hall–Kier alpha value is -3.72. The highest BCUT2D eigenvalue weighted by Crippen LogP contribution is 2.25. The molecule has 0 radical (unpaired) electrons. The molecule has 1 aromatic heterocycles. The number of benzene rings is 4. The molecule has 0 aliphatic rings. The molecule has 0 unspecified atom stereocenters. The number of nitrogens with zero attached hydrogens (tertiary/aromatic N) is 2. The molecule has 134 valence electrons. The molecule has 0 spiro atoms. The van der Waals surface area contributed by atoms with Gasteiger partial charge in [0.15, 0.2) is 0 Å². The Kier molecular flexibility index (Phi) is 3.80. The molecule has 0 aliphatic carbocycles. The maximum absolute atomic E-state index is 13.4. The molecule has 5 aromatic rings. The lowest BCUT2D eigenvalue weighted by molar-refractivity contribution is 0.978. The molecule has 3 heteroatoms. The lowest BCUT2D eigenvalue weighted by atomic mass is 10.1. The molecule has 0 fully saturated rings. The Morgan fingerprint density at radius 1 is 0.750 bits per heavy atom. The van der Waals surface area contributed by atoms with E-state index in [2.05, 4.69) is 12.1 Å². The van der Waals surface area contributed by atoms with Crippen LogP contribution in [-0.2, 0) is 0 Å². The zero-order chi connectivity index (χ0) is 19.1. The first-order chi connectivity index (χ1) is 13.7. The van der Waals surface area contributed by atoms with Crippen LogP contribution in [0.25, 0.3) is 38.8 Å². The van der Waals surface area contributed by atoms with Gasteiger partial charge in [-0.05, 0) is 42.0 Å². The summed E-state index contributed by atoms with van der Waals surface area (Å²) in [7, 11) is 0. The van der Waals surface area contributed by atoms with E-state index in [-0.39, 0.29) is 5.56 Å². The van der Waals surface area contributed by atoms with Crippen LogP contribution < -0.4 is 5.56 Å². The SMILES string of the molecule is Cc1ccc(-c2nc3ccccc3c(=O)n2-c2ccc3ccccc3c2)cc1. The van der Waals surface area contributed by atoms with Gasteiger partial charge >= 0.3 is 0 Å². The van der Waals surface area contributed by atoms with Gasteiger partial charge in [-0.15, -0.1) is 0 Å². The Morgan fingerprint density at radius 2 is 1.46 bits per heavy atom. The van der Waals surface area contributed by atoms with Gasteiger partial charge in [-0.25, -0.2) is 4.98 Å². The number of hydrogen-bond donors (Lipinski definition) is 0. The number of rotatable bonds is 2. The van der Waals surface area contributed by atoms with Crippen molar-refractivity contribution in [3.8, 4) is 17.1 Å². The molecule has 0 saturated carbocycles. The van der Waals surface area contributed by atoms with Crippen LogP contribution in [0, 0.1) is 6.92 Å². The normalized spacial score (nSPS) is 11.2. The molecule has 0 amide bonds. The lowest BCUT2D eigenvalue weighted by Crippen LogP contribution is -2.22. The molecular weight excluding hydrogens is 344 g/mol. The number of aromatic nitrogens is 2. The van der Waals surface area contributed by atoms with Crippen molar-refractivity contribution in [3.05, 3.63) is 107 Å². The summed E-state index contributed by atoms with van der Waals surface area (Å²) in [6, 6.07) is 29.9. The van der Waals surface area contributed by atoms with Gasteiger partial charge in [0.25, 0.3) is 5.56 Å². The molecule has 4 aromatic carbocycles. The van der Waals surface area contributed by atoms with Gasteiger partial charge in [-0.1, -0.05) is 72.3 Å². The summed E-state index contributed by atoms with van der Waals surface area (Å²) in [6.07, 6.45) is 0. The van der Waals surface area contributed by atoms with E-state index >= 15 is 0 Å². The maximum Gasteiger partial charge on any atom is 0.266 e. The number of para-hydroxylation sites is 1. The Labute approximate surface area is 162 Å². The Morgan fingerprint density at radius 3 is 2.29 bits per heavy atom. The minimum absolute atomic E-state index is 0.0588. The summed E-state index contributed by atoms with van der Waals surface area (Å²) in [4.78, 5) is 18.3. The molecule has 3 nitrogen and oxygen atoms in total. The van der Waals surface area contributed by atoms with Crippen molar-refractivity contribution >= 4 is 21.7 Å². The van der Waals surface area contributed by atoms with Gasteiger partial charge in [0, 0.05) is 5.56 Å². The third-order valence-electron chi connectivity index (χ3n) is 5.08. The predicted molar refractivity (Wildman–Crippen MR) is 115 cm³/mol. The average Bonchev–Trinajstić information content (AvgIpc) is 2.74. The second-order valence-corrected chi connectivity index (χ2v) is 6.99. The fourth-order valence-electron chi connectivity index (χ4n) is 3.58. The van der Waals surface area contributed by atoms with E-state index in [0.717, 1.165) is 22.0 Å². The summed E-state index contributed by atoms with van der Waals surface area (Å²) in [6.45, 7) is 2.05. The van der Waals surface area contributed by atoms with Crippen molar-refractivity contribution < 1.29 is 0 Å². The third-order valence-corrected chi connectivity index (χ3v) is 5.08. The standard InChI is InChI=1S/C25H18N2O/c1-17-10-12-19(13-11-17)24-26-23-9-5-4-8-22(23)25(28)27(24)21-15-14-18-6-2-3-7-20(18)16-21/h2-16H,1H3. The summed E-state index contributed by atoms with van der Waals surface area (Å²) in [5, 5.41) is 2.85. The van der Waals surface area contributed by atoms with Crippen molar-refractivity contribution in [1.82, 2.24) is 9.55 Å². The molecule has 28 heavy (non-hydrogen) atoms. The first-order valence-electron chi connectivity index (χ1n) is 9.29. The van der Waals surface area contributed by atoms with Gasteiger partial charge in [-0.2, -0.15) is 0 Å². The van der Waals surface area contributed by atoms with Gasteiger partial charge in [0.05, 0.1) is 16.6 Å². The molecule has 5 rings (SSSR count). The second-order valence-electron chi connectivity index (χ2n) is 6.99. The summed E-state index contributed by atoms with van der Waals surface area (Å²) in [5.41, 5.74) is 3.56. The average molecular weight is 362 g/mol. The van der Waals surface area contributed by atoms with Crippen molar-refractivity contribution in [1.29, 1.82) is 0 Å². The smallest absolute Gasteiger partial charge is 0.266 e. The highest BCUT2D eigenvalue weighted by atomic mass is 16.1. The van der Waals surface area contributed by atoms with E-state index in [9.17, 15) is 4.79 Å². The van der Waals surface area contributed by atoms with Crippen LogP contribution in [0.5, 0.6) is 0 Å². The largest absolute Gasteiger partial charge is 0.268 e. The first kappa shape index (κ1) is 16.5. The lowest BCUT2D eigenvalue weighted by Gasteiger charge is -2.15. The molecular formula is C25H18N2O. The number of hydrogen-bond acceptors (Lipinski definition) is 2. The van der Waals surface area contributed by atoms with Crippen LogP contribution in [0.2, 0.25) is 0 Å². The number of fused-ring (bicyclic) bond motifs is 2. The zero-order valence-electron chi connectivity index (χ0n) is 15.5. The predicted octanol–water partition coefficient (Wildman–Crippen LogP) is 5.51. The van der Waals surface area contributed by atoms with Gasteiger partial charge in [-0.3, -0.25) is 9.36 Å². The quantitative estimate of drug-likeness (QED) is 0.415. The maximum atomic E-state index is 13.4. The highest BCUT2D eigenvalue weighted by molar-refractivity contribution is 5.85. The topological polar surface area (TPSA) is 34.9 Å². The minimum Gasteiger partial charge on any atom is -0.268 e. The molecule has 0 aliphatic heterocycles. The molecule has 0 saturated heterocycles. The fraction of sp³-hybridized carbons (Fsp3) is 0.0400. The van der Waals surface area contributed by atoms with Crippen molar-refractivity contribution in [2.45, 2.75) is 6.92 Å². The van der Waals surface area contributed by atoms with E-state index in [1.54, 1.807) is 4.57 Å². The van der Waals surface area contributed by atoms with Crippen LogP contribution in [0.1, 0.15) is 5.56 Å². The van der Waals surface area contributed by atoms with Crippen LogP contribution in [0.15, 0.2) is 95.8 Å². The summed E-state index contributed by atoms with van der Waals surface area (Å²) < 4.78 is 1.72. The zero-order valence-corrected chi connectivity index (χ0v) is 15.5. The Bertz CT molecular complexity index is 1380. The molecule has 1 heterocycles. The van der Waals surface area contributed by atoms with Crippen molar-refractivity contribution in [2.75, 3.05) is 0 Å². The van der Waals surface area contributed by atoms with E-state index in [4.69, 9.17) is 4.98 Å². The number of aryl methyl sites for hydroxylation is 1. The highest BCUT2D eigenvalue weighted by Gasteiger charge is 2.14. The molecule has 0 bridgehead atoms. The van der Waals surface area contributed by atoms with Crippen LogP contribution in [0.3, 0.4) is 0 Å². The van der Waals surface area contributed by atoms with Crippen LogP contribution >= 0.6 is 0 Å². The van der Waals surface area contributed by atoms with Crippen molar-refractivity contribution in [2.24, 2.45) is 0 Å². The Balaban J connectivity index is 1.87.